The highest BCUT2D eigenvalue weighted by Crippen LogP contribution is 2.21. The molecule has 3 aromatic rings. The van der Waals surface area contributed by atoms with Crippen molar-refractivity contribution in [2.24, 2.45) is 0 Å². The zero-order valence-electron chi connectivity index (χ0n) is 12.6. The van der Waals surface area contributed by atoms with Crippen LogP contribution < -0.4 is 5.76 Å². The molecule has 0 N–H and O–H groups in total. The first-order chi connectivity index (χ1) is 10.5. The minimum absolute atomic E-state index is 0.331. The van der Waals surface area contributed by atoms with E-state index in [1.165, 1.54) is 16.0 Å². The molecule has 0 amide bonds. The smallest absolute Gasteiger partial charge is 0.387 e. The van der Waals surface area contributed by atoms with Crippen LogP contribution in [0.15, 0.2) is 31.2 Å². The van der Waals surface area contributed by atoms with E-state index >= 15 is 0 Å². The summed E-state index contributed by atoms with van der Waals surface area (Å²) in [6.45, 7) is 4.73. The Labute approximate surface area is 130 Å². The topological polar surface area (TPSA) is 77.3 Å². The van der Waals surface area contributed by atoms with E-state index in [1.807, 2.05) is 43.3 Å². The molecule has 0 radical (unpaired) electrons. The van der Waals surface area contributed by atoms with Gasteiger partial charge in [-0.15, -0.1) is 16.4 Å². The van der Waals surface area contributed by atoms with Crippen molar-refractivity contribution in [2.75, 3.05) is 7.05 Å². The molecule has 116 valence electrons. The number of aromatic nitrogens is 3. The van der Waals surface area contributed by atoms with Crippen LogP contribution in [0.25, 0.3) is 10.8 Å². The zero-order valence-corrected chi connectivity index (χ0v) is 13.4. The fraction of sp³-hybridized carbons (Fsp3) is 0.357. The van der Waals surface area contributed by atoms with Crippen LogP contribution in [0.5, 0.6) is 0 Å². The minimum Gasteiger partial charge on any atom is -0.387 e. The Morgan fingerprint density at radius 3 is 2.86 bits per heavy atom. The Morgan fingerprint density at radius 1 is 1.41 bits per heavy atom. The SMILES string of the molecule is Cc1noc(C)c1CN(C)Cn1nc(-c2cccs2)oc1=O. The first-order valence-electron chi connectivity index (χ1n) is 6.76. The molecule has 0 aliphatic carbocycles. The molecule has 3 aromatic heterocycles. The minimum atomic E-state index is -0.464. The molecule has 0 spiro atoms. The summed E-state index contributed by atoms with van der Waals surface area (Å²) < 4.78 is 11.6. The summed E-state index contributed by atoms with van der Waals surface area (Å²) in [4.78, 5) is 14.7. The van der Waals surface area contributed by atoms with Gasteiger partial charge in [-0.05, 0) is 32.3 Å². The summed E-state index contributed by atoms with van der Waals surface area (Å²) in [5, 5.41) is 10.1. The molecule has 0 fully saturated rings. The van der Waals surface area contributed by atoms with Crippen LogP contribution in [0.2, 0.25) is 0 Å². The molecule has 0 saturated heterocycles. The van der Waals surface area contributed by atoms with Crippen molar-refractivity contribution >= 4 is 11.3 Å². The molecule has 22 heavy (non-hydrogen) atoms. The van der Waals surface area contributed by atoms with Crippen molar-refractivity contribution in [3.63, 3.8) is 0 Å². The van der Waals surface area contributed by atoms with Crippen LogP contribution in [-0.2, 0) is 13.2 Å². The molecule has 3 rings (SSSR count). The molecule has 3 heterocycles. The lowest BCUT2D eigenvalue weighted by Crippen LogP contribution is -2.28. The predicted molar refractivity (Wildman–Crippen MR) is 81.5 cm³/mol. The van der Waals surface area contributed by atoms with Crippen molar-refractivity contribution < 1.29 is 8.94 Å². The largest absolute Gasteiger partial charge is 0.438 e. The van der Waals surface area contributed by atoms with Gasteiger partial charge in [0.15, 0.2) is 0 Å². The summed E-state index contributed by atoms with van der Waals surface area (Å²) in [5.41, 5.74) is 1.88. The van der Waals surface area contributed by atoms with Crippen molar-refractivity contribution in [2.45, 2.75) is 27.1 Å². The van der Waals surface area contributed by atoms with E-state index in [1.54, 1.807) is 0 Å². The van der Waals surface area contributed by atoms with Gasteiger partial charge in [0.25, 0.3) is 5.89 Å². The van der Waals surface area contributed by atoms with Crippen LogP contribution in [0.1, 0.15) is 17.0 Å². The van der Waals surface area contributed by atoms with Crippen molar-refractivity contribution in [1.82, 2.24) is 19.8 Å². The fourth-order valence-corrected chi connectivity index (χ4v) is 2.82. The molecule has 0 bridgehead atoms. The van der Waals surface area contributed by atoms with Gasteiger partial charge in [-0.1, -0.05) is 11.2 Å². The van der Waals surface area contributed by atoms with Gasteiger partial charge < -0.3 is 8.94 Å². The molecule has 0 atom stereocenters. The molecule has 0 unspecified atom stereocenters. The second-order valence-corrected chi connectivity index (χ2v) is 6.06. The predicted octanol–water partition coefficient (Wildman–Crippen LogP) is 2.26. The van der Waals surface area contributed by atoms with Crippen LogP contribution in [0.4, 0.5) is 0 Å². The number of thiophene rings is 1. The van der Waals surface area contributed by atoms with Gasteiger partial charge in [0.2, 0.25) is 0 Å². The van der Waals surface area contributed by atoms with Gasteiger partial charge in [-0.2, -0.15) is 4.68 Å². The van der Waals surface area contributed by atoms with Crippen LogP contribution >= 0.6 is 11.3 Å². The summed E-state index contributed by atoms with van der Waals surface area (Å²) in [5.74, 6) is 0.677. The average molecular weight is 320 g/mol. The van der Waals surface area contributed by atoms with Crippen molar-refractivity contribution in [3.05, 3.63) is 45.1 Å². The second kappa shape index (κ2) is 5.90. The van der Waals surface area contributed by atoms with Crippen molar-refractivity contribution in [1.29, 1.82) is 0 Å². The van der Waals surface area contributed by atoms with Crippen LogP contribution in [0, 0.1) is 13.8 Å². The monoisotopic (exact) mass is 320 g/mol. The van der Waals surface area contributed by atoms with Crippen LogP contribution in [0.3, 0.4) is 0 Å². The summed E-state index contributed by atoms with van der Waals surface area (Å²) in [6.07, 6.45) is 0. The van der Waals surface area contributed by atoms with Crippen molar-refractivity contribution in [3.8, 4) is 10.8 Å². The zero-order chi connectivity index (χ0) is 15.7. The summed E-state index contributed by atoms with van der Waals surface area (Å²) in [6, 6.07) is 3.76. The normalized spacial score (nSPS) is 11.5. The quantitative estimate of drug-likeness (QED) is 0.717. The molecule has 0 saturated carbocycles. The third-order valence-electron chi connectivity index (χ3n) is 3.32. The summed E-state index contributed by atoms with van der Waals surface area (Å²) in [7, 11) is 1.90. The lowest BCUT2D eigenvalue weighted by molar-refractivity contribution is 0.235. The molecular formula is C14H16N4O3S. The maximum Gasteiger partial charge on any atom is 0.438 e. The van der Waals surface area contributed by atoms with E-state index in [0.717, 1.165) is 21.9 Å². The van der Waals surface area contributed by atoms with E-state index in [2.05, 4.69) is 10.3 Å². The number of nitrogens with zero attached hydrogens (tertiary/aromatic N) is 4. The second-order valence-electron chi connectivity index (χ2n) is 5.11. The molecule has 0 aromatic carbocycles. The molecule has 0 aliphatic heterocycles. The molecule has 0 aliphatic rings. The lowest BCUT2D eigenvalue weighted by Gasteiger charge is -2.14. The number of aryl methyl sites for hydroxylation is 2. The third kappa shape index (κ3) is 2.88. The number of hydrogen-bond donors (Lipinski definition) is 0. The van der Waals surface area contributed by atoms with E-state index in [0.29, 0.717) is 19.1 Å². The maximum absolute atomic E-state index is 11.9. The van der Waals surface area contributed by atoms with Gasteiger partial charge in [0.1, 0.15) is 12.4 Å². The fourth-order valence-electron chi connectivity index (χ4n) is 2.17. The van der Waals surface area contributed by atoms with Gasteiger partial charge in [-0.25, -0.2) is 4.79 Å². The van der Waals surface area contributed by atoms with E-state index in [-0.39, 0.29) is 0 Å². The lowest BCUT2D eigenvalue weighted by atomic mass is 10.2. The Kier molecular flexibility index (Phi) is 3.95. The maximum atomic E-state index is 11.9. The standard InChI is InChI=1S/C14H16N4O3S/c1-9-11(10(2)21-16-9)7-17(3)8-18-14(19)20-13(15-18)12-5-4-6-22-12/h4-6H,7-8H2,1-3H3. The molecule has 7 nitrogen and oxygen atoms in total. The van der Waals surface area contributed by atoms with E-state index in [9.17, 15) is 4.79 Å². The van der Waals surface area contributed by atoms with Crippen LogP contribution in [-0.4, -0.2) is 26.9 Å². The van der Waals surface area contributed by atoms with Gasteiger partial charge >= 0.3 is 5.76 Å². The third-order valence-corrected chi connectivity index (χ3v) is 4.18. The number of hydrogen-bond acceptors (Lipinski definition) is 7. The first kappa shape index (κ1) is 14.7. The van der Waals surface area contributed by atoms with E-state index < -0.39 is 5.76 Å². The number of rotatable bonds is 5. The van der Waals surface area contributed by atoms with Gasteiger partial charge in [-0.3, -0.25) is 4.90 Å². The molecule has 8 heteroatoms. The Morgan fingerprint density at radius 2 is 2.23 bits per heavy atom. The Balaban J connectivity index is 1.74. The van der Waals surface area contributed by atoms with Gasteiger partial charge in [0.05, 0.1) is 10.6 Å². The van der Waals surface area contributed by atoms with Gasteiger partial charge in [0, 0.05) is 12.1 Å². The highest BCUT2D eigenvalue weighted by Gasteiger charge is 2.15. The summed E-state index contributed by atoms with van der Waals surface area (Å²) >= 11 is 1.48. The Bertz CT molecular complexity index is 796. The first-order valence-corrected chi connectivity index (χ1v) is 7.64. The highest BCUT2D eigenvalue weighted by atomic mass is 32.1. The van der Waals surface area contributed by atoms with E-state index in [4.69, 9.17) is 8.94 Å². The molecular weight excluding hydrogens is 304 g/mol. The Hall–Kier alpha value is -2.19. The average Bonchev–Trinajstić information content (AvgIpc) is 3.18. The highest BCUT2D eigenvalue weighted by molar-refractivity contribution is 7.13.